The molecule has 0 aromatic heterocycles. The van der Waals surface area contributed by atoms with Crippen LogP contribution in [0.5, 0.6) is 0 Å². The second kappa shape index (κ2) is 5.50. The van der Waals surface area contributed by atoms with Crippen LogP contribution in [0.1, 0.15) is 26.2 Å². The Balaban J connectivity index is 2.96. The molecular weight excluding hydrogens is 120 g/mol. The van der Waals surface area contributed by atoms with Gasteiger partial charge in [-0.25, -0.2) is 0 Å². The Labute approximate surface area is 54.4 Å². The third-order valence-corrected chi connectivity index (χ3v) is 1.06. The third kappa shape index (κ3) is 5.23. The van der Waals surface area contributed by atoms with Gasteiger partial charge >= 0.3 is 0 Å². The van der Waals surface area contributed by atoms with Crippen molar-refractivity contribution >= 4 is 0 Å². The first kappa shape index (κ1) is 8.36. The highest BCUT2D eigenvalue weighted by molar-refractivity contribution is 4.39. The molecule has 0 heterocycles. The molecular formula is C5H12N2O2. The largest absolute Gasteiger partial charge is 0.269 e. The predicted molar refractivity (Wildman–Crippen MR) is 33.8 cm³/mol. The number of nitroso groups, excluding NO2 is 1. The van der Waals surface area contributed by atoms with E-state index in [0.29, 0.717) is 11.7 Å². The zero-order valence-corrected chi connectivity index (χ0v) is 5.58. The van der Waals surface area contributed by atoms with Crippen molar-refractivity contribution in [2.75, 3.05) is 6.54 Å². The van der Waals surface area contributed by atoms with Crippen molar-refractivity contribution in [2.45, 2.75) is 26.2 Å². The van der Waals surface area contributed by atoms with Crippen molar-refractivity contribution in [3.05, 3.63) is 4.91 Å². The maximum Gasteiger partial charge on any atom is 0.0787 e. The Hall–Kier alpha value is -0.640. The van der Waals surface area contributed by atoms with E-state index in [-0.39, 0.29) is 0 Å². The predicted octanol–water partition coefficient (Wildman–Crippen LogP) is 1.55. The number of hydrogen-bond donors (Lipinski definition) is 1. The molecule has 4 heteroatoms. The molecule has 1 N–H and O–H groups in total. The number of hydrogen-bond acceptors (Lipinski definition) is 3. The number of nitrogens with zero attached hydrogens (tertiary/aromatic N) is 2. The van der Waals surface area contributed by atoms with Crippen molar-refractivity contribution in [3.8, 4) is 0 Å². The van der Waals surface area contributed by atoms with Crippen molar-refractivity contribution in [3.63, 3.8) is 0 Å². The molecule has 0 fully saturated rings. The maximum absolute atomic E-state index is 9.52. The molecule has 0 radical (unpaired) electrons. The lowest BCUT2D eigenvalue weighted by molar-refractivity contribution is -0.0923. The van der Waals surface area contributed by atoms with E-state index in [2.05, 4.69) is 12.2 Å². The van der Waals surface area contributed by atoms with E-state index in [0.717, 1.165) is 19.3 Å². The molecule has 0 bridgehead atoms. The monoisotopic (exact) mass is 132 g/mol. The minimum Gasteiger partial charge on any atom is -0.269 e. The summed E-state index contributed by atoms with van der Waals surface area (Å²) >= 11 is 0. The van der Waals surface area contributed by atoms with Gasteiger partial charge in [0.05, 0.1) is 11.8 Å². The fourth-order valence-electron chi connectivity index (χ4n) is 0.544. The van der Waals surface area contributed by atoms with Crippen LogP contribution in [0.4, 0.5) is 0 Å². The van der Waals surface area contributed by atoms with Crippen LogP contribution in [-0.4, -0.2) is 16.9 Å². The summed E-state index contributed by atoms with van der Waals surface area (Å²) in [6.07, 6.45) is 2.91. The molecule has 0 unspecified atom stereocenters. The quantitative estimate of drug-likeness (QED) is 0.351. The van der Waals surface area contributed by atoms with Crippen molar-refractivity contribution in [1.82, 2.24) is 5.17 Å². The van der Waals surface area contributed by atoms with E-state index in [4.69, 9.17) is 5.21 Å². The van der Waals surface area contributed by atoms with Crippen molar-refractivity contribution in [1.29, 1.82) is 0 Å². The highest BCUT2D eigenvalue weighted by Gasteiger charge is 1.93. The summed E-state index contributed by atoms with van der Waals surface area (Å²) in [7, 11) is 0. The summed E-state index contributed by atoms with van der Waals surface area (Å²) in [5.74, 6) is 0. The van der Waals surface area contributed by atoms with Gasteiger partial charge in [0.15, 0.2) is 0 Å². The van der Waals surface area contributed by atoms with E-state index in [1.54, 1.807) is 0 Å². The molecule has 0 saturated carbocycles. The summed E-state index contributed by atoms with van der Waals surface area (Å²) in [4.78, 5) is 9.52. The molecule has 0 spiro atoms. The average molecular weight is 132 g/mol. The van der Waals surface area contributed by atoms with Crippen molar-refractivity contribution < 1.29 is 5.21 Å². The Kier molecular flexibility index (Phi) is 5.11. The van der Waals surface area contributed by atoms with Crippen LogP contribution in [0.25, 0.3) is 0 Å². The van der Waals surface area contributed by atoms with Gasteiger partial charge in [0.2, 0.25) is 0 Å². The van der Waals surface area contributed by atoms with Gasteiger partial charge in [0.25, 0.3) is 0 Å². The molecule has 0 atom stereocenters. The Morgan fingerprint density at radius 2 is 2.22 bits per heavy atom. The first-order chi connectivity index (χ1) is 4.31. The summed E-state index contributed by atoms with van der Waals surface area (Å²) in [6.45, 7) is 2.40. The Bertz CT molecular complexity index is 77.4. The zero-order chi connectivity index (χ0) is 7.11. The molecule has 0 aliphatic rings. The van der Waals surface area contributed by atoms with Crippen LogP contribution in [0.15, 0.2) is 5.29 Å². The molecule has 0 aliphatic carbocycles. The molecule has 54 valence electrons. The van der Waals surface area contributed by atoms with Gasteiger partial charge in [-0.15, -0.1) is 10.1 Å². The maximum atomic E-state index is 9.52. The van der Waals surface area contributed by atoms with E-state index in [1.807, 2.05) is 0 Å². The number of rotatable bonds is 5. The van der Waals surface area contributed by atoms with Crippen LogP contribution in [0.2, 0.25) is 0 Å². The Morgan fingerprint density at radius 3 is 2.67 bits per heavy atom. The van der Waals surface area contributed by atoms with E-state index in [1.165, 1.54) is 0 Å². The van der Waals surface area contributed by atoms with Gasteiger partial charge in [-0.05, 0) is 6.42 Å². The molecule has 9 heavy (non-hydrogen) atoms. The molecule has 0 rings (SSSR count). The summed E-state index contributed by atoms with van der Waals surface area (Å²) in [5, 5.41) is 11.2. The molecule has 0 aromatic rings. The summed E-state index contributed by atoms with van der Waals surface area (Å²) < 4.78 is 0. The smallest absolute Gasteiger partial charge is 0.0787 e. The standard InChI is InChI=1S/C5H12N2O2/c1-2-3-4-5-7(9)6-8/h9H,2-5H2,1H3. The first-order valence-electron chi connectivity index (χ1n) is 3.11. The lowest BCUT2D eigenvalue weighted by Gasteiger charge is -2.03. The topological polar surface area (TPSA) is 52.9 Å². The SMILES string of the molecule is CCCCCN(O)N=O. The molecule has 0 saturated heterocycles. The third-order valence-electron chi connectivity index (χ3n) is 1.06. The van der Waals surface area contributed by atoms with Gasteiger partial charge < -0.3 is 0 Å². The van der Waals surface area contributed by atoms with E-state index >= 15 is 0 Å². The number of hydroxylamine groups is 1. The van der Waals surface area contributed by atoms with Crippen LogP contribution in [0.3, 0.4) is 0 Å². The lowest BCUT2D eigenvalue weighted by Crippen LogP contribution is -2.11. The minimum atomic E-state index is 0.345. The highest BCUT2D eigenvalue weighted by atomic mass is 16.6. The highest BCUT2D eigenvalue weighted by Crippen LogP contribution is 1.95. The second-order valence-electron chi connectivity index (χ2n) is 1.88. The molecule has 4 nitrogen and oxygen atoms in total. The second-order valence-corrected chi connectivity index (χ2v) is 1.88. The van der Waals surface area contributed by atoms with Crippen LogP contribution in [-0.2, 0) is 0 Å². The first-order valence-corrected chi connectivity index (χ1v) is 3.11. The summed E-state index contributed by atoms with van der Waals surface area (Å²) in [6, 6.07) is 0. The van der Waals surface area contributed by atoms with Gasteiger partial charge in [-0.3, -0.25) is 5.21 Å². The minimum absolute atomic E-state index is 0.345. The number of unbranched alkanes of at least 4 members (excludes halogenated alkanes) is 2. The lowest BCUT2D eigenvalue weighted by atomic mass is 10.2. The molecule has 0 aliphatic heterocycles. The van der Waals surface area contributed by atoms with Crippen LogP contribution < -0.4 is 0 Å². The van der Waals surface area contributed by atoms with E-state index in [9.17, 15) is 4.91 Å². The normalized spacial score (nSPS) is 9.11. The van der Waals surface area contributed by atoms with Gasteiger partial charge in [-0.2, -0.15) is 0 Å². The Morgan fingerprint density at radius 1 is 1.56 bits per heavy atom. The van der Waals surface area contributed by atoms with E-state index < -0.39 is 0 Å². The van der Waals surface area contributed by atoms with Gasteiger partial charge in [0.1, 0.15) is 0 Å². The molecule has 0 aromatic carbocycles. The van der Waals surface area contributed by atoms with Crippen LogP contribution >= 0.6 is 0 Å². The molecule has 0 amide bonds. The van der Waals surface area contributed by atoms with Gasteiger partial charge in [-0.1, -0.05) is 19.8 Å². The summed E-state index contributed by atoms with van der Waals surface area (Å²) in [5.41, 5.74) is 0. The fourth-order valence-corrected chi connectivity index (χ4v) is 0.544. The zero-order valence-electron chi connectivity index (χ0n) is 5.58. The fraction of sp³-hybridized carbons (Fsp3) is 1.00. The average Bonchev–Trinajstić information content (AvgIpc) is 1.89. The van der Waals surface area contributed by atoms with Crippen LogP contribution in [0, 0.1) is 4.91 Å². The van der Waals surface area contributed by atoms with Crippen molar-refractivity contribution in [2.24, 2.45) is 5.29 Å². The van der Waals surface area contributed by atoms with Gasteiger partial charge in [0, 0.05) is 0 Å².